The minimum absolute atomic E-state index is 0.0194. The van der Waals surface area contributed by atoms with Gasteiger partial charge in [0, 0.05) is 5.57 Å². The van der Waals surface area contributed by atoms with Gasteiger partial charge in [-0.2, -0.15) is 0 Å². The van der Waals surface area contributed by atoms with E-state index >= 15 is 0 Å². The topological polar surface area (TPSA) is 68.3 Å². The lowest BCUT2D eigenvalue weighted by atomic mass is 10.1. The number of aromatic nitrogens is 1. The van der Waals surface area contributed by atoms with Crippen molar-refractivity contribution in [3.63, 3.8) is 0 Å². The number of pyridine rings is 1. The van der Waals surface area contributed by atoms with Crippen LogP contribution in [0, 0.1) is 0 Å². The molecule has 21 heavy (non-hydrogen) atoms. The van der Waals surface area contributed by atoms with Crippen LogP contribution in [-0.4, -0.2) is 23.8 Å². The number of aldehydes is 1. The van der Waals surface area contributed by atoms with Crippen LogP contribution in [0.3, 0.4) is 0 Å². The predicted octanol–water partition coefficient (Wildman–Crippen LogP) is 2.15. The van der Waals surface area contributed by atoms with Gasteiger partial charge in [-0.25, -0.2) is 4.98 Å². The predicted molar refractivity (Wildman–Crippen MR) is 78.7 cm³/mol. The average molecular weight is 280 g/mol. The number of hydrogen-bond donors (Lipinski definition) is 1. The van der Waals surface area contributed by atoms with E-state index < -0.39 is 0 Å². The molecular formula is C16H12N2O3. The second-order valence-corrected chi connectivity index (χ2v) is 4.51. The molecule has 1 N–H and O–H groups in total. The second kappa shape index (κ2) is 5.58. The van der Waals surface area contributed by atoms with Gasteiger partial charge in [0.05, 0.1) is 5.69 Å². The summed E-state index contributed by atoms with van der Waals surface area (Å²) in [5.41, 5.74) is 1.82. The first-order chi connectivity index (χ1) is 10.3. The Balaban J connectivity index is 1.98. The molecule has 3 rings (SSSR count). The molecule has 5 heteroatoms. The average Bonchev–Trinajstić information content (AvgIpc) is 2.53. The Bertz CT molecular complexity index is 724. The molecule has 1 aromatic carbocycles. The number of carbonyl (C=O) groups excluding carboxylic acids is 2. The summed E-state index contributed by atoms with van der Waals surface area (Å²) in [7, 11) is 0. The number of nitrogens with one attached hydrogen (secondary N) is 1. The van der Waals surface area contributed by atoms with Crippen LogP contribution < -0.4 is 10.1 Å². The Labute approximate surface area is 121 Å². The van der Waals surface area contributed by atoms with Gasteiger partial charge in [0.25, 0.3) is 5.91 Å². The van der Waals surface area contributed by atoms with Crippen LogP contribution in [0.15, 0.2) is 42.5 Å². The molecule has 1 amide bonds. The Morgan fingerprint density at radius 3 is 2.76 bits per heavy atom. The SMILES string of the molecule is O=C/C(=C\c1ccccc1)c1ccc2c(n1)NC(=O)CO2. The van der Waals surface area contributed by atoms with E-state index in [9.17, 15) is 9.59 Å². The van der Waals surface area contributed by atoms with E-state index in [1.807, 2.05) is 30.3 Å². The largest absolute Gasteiger partial charge is 0.480 e. The minimum atomic E-state index is -0.258. The van der Waals surface area contributed by atoms with Crippen molar-refractivity contribution in [2.45, 2.75) is 0 Å². The molecule has 2 aromatic rings. The van der Waals surface area contributed by atoms with Crippen molar-refractivity contribution in [3.05, 3.63) is 53.7 Å². The van der Waals surface area contributed by atoms with Gasteiger partial charge in [-0.15, -0.1) is 0 Å². The van der Waals surface area contributed by atoms with E-state index in [1.54, 1.807) is 18.2 Å². The fraction of sp³-hybridized carbons (Fsp3) is 0.0625. The van der Waals surface area contributed by atoms with Gasteiger partial charge in [-0.1, -0.05) is 30.3 Å². The fourth-order valence-corrected chi connectivity index (χ4v) is 2.02. The molecule has 0 spiro atoms. The number of carbonyl (C=O) groups is 2. The van der Waals surface area contributed by atoms with Crippen LogP contribution in [0.4, 0.5) is 5.82 Å². The maximum Gasteiger partial charge on any atom is 0.263 e. The summed E-state index contributed by atoms with van der Waals surface area (Å²) < 4.78 is 5.24. The van der Waals surface area contributed by atoms with Crippen molar-refractivity contribution >= 4 is 29.7 Å². The zero-order valence-corrected chi connectivity index (χ0v) is 11.1. The molecule has 0 fully saturated rings. The minimum Gasteiger partial charge on any atom is -0.480 e. The maximum atomic E-state index is 11.3. The third kappa shape index (κ3) is 2.81. The fourth-order valence-electron chi connectivity index (χ4n) is 2.02. The van der Waals surface area contributed by atoms with Crippen LogP contribution in [0.25, 0.3) is 11.6 Å². The van der Waals surface area contributed by atoms with Crippen molar-refractivity contribution in [2.24, 2.45) is 0 Å². The summed E-state index contributed by atoms with van der Waals surface area (Å²) in [6.07, 6.45) is 2.49. The number of benzene rings is 1. The number of hydrogen-bond acceptors (Lipinski definition) is 4. The lowest BCUT2D eigenvalue weighted by Gasteiger charge is -2.17. The number of rotatable bonds is 3. The van der Waals surface area contributed by atoms with Crippen molar-refractivity contribution in [1.82, 2.24) is 4.98 Å². The summed E-state index contributed by atoms with van der Waals surface area (Å²) in [6, 6.07) is 12.9. The lowest BCUT2D eigenvalue weighted by molar-refractivity contribution is -0.118. The summed E-state index contributed by atoms with van der Waals surface area (Å²) in [6.45, 7) is -0.0194. The molecule has 1 aromatic heterocycles. The number of amides is 1. The van der Waals surface area contributed by atoms with Gasteiger partial charge in [-0.3, -0.25) is 9.59 Å². The molecule has 0 unspecified atom stereocenters. The molecule has 0 aliphatic carbocycles. The monoisotopic (exact) mass is 280 g/mol. The van der Waals surface area contributed by atoms with E-state index in [0.717, 1.165) is 11.8 Å². The number of ether oxygens (including phenoxy) is 1. The molecule has 0 saturated carbocycles. The Morgan fingerprint density at radius 2 is 2.00 bits per heavy atom. The Morgan fingerprint density at radius 1 is 1.19 bits per heavy atom. The van der Waals surface area contributed by atoms with E-state index in [4.69, 9.17) is 4.74 Å². The molecule has 104 valence electrons. The highest BCUT2D eigenvalue weighted by atomic mass is 16.5. The van der Waals surface area contributed by atoms with E-state index in [1.165, 1.54) is 0 Å². The quantitative estimate of drug-likeness (QED) is 0.691. The Kier molecular flexibility index (Phi) is 3.47. The highest BCUT2D eigenvalue weighted by molar-refractivity contribution is 6.12. The molecular weight excluding hydrogens is 268 g/mol. The molecule has 0 saturated heterocycles. The van der Waals surface area contributed by atoms with E-state index in [-0.39, 0.29) is 12.5 Å². The van der Waals surface area contributed by atoms with Crippen LogP contribution in [0.2, 0.25) is 0 Å². The third-order valence-corrected chi connectivity index (χ3v) is 3.02. The molecule has 5 nitrogen and oxygen atoms in total. The van der Waals surface area contributed by atoms with Crippen molar-refractivity contribution in [3.8, 4) is 5.75 Å². The van der Waals surface area contributed by atoms with Gasteiger partial charge in [0.1, 0.15) is 0 Å². The summed E-state index contributed by atoms with van der Waals surface area (Å²) in [4.78, 5) is 26.9. The van der Waals surface area contributed by atoms with Crippen molar-refractivity contribution in [2.75, 3.05) is 11.9 Å². The summed E-state index contributed by atoms with van der Waals surface area (Å²) in [5.74, 6) is 0.583. The number of nitrogens with zero attached hydrogens (tertiary/aromatic N) is 1. The lowest BCUT2D eigenvalue weighted by Crippen LogP contribution is -2.26. The van der Waals surface area contributed by atoms with E-state index in [0.29, 0.717) is 22.8 Å². The van der Waals surface area contributed by atoms with Crippen molar-refractivity contribution < 1.29 is 14.3 Å². The third-order valence-electron chi connectivity index (χ3n) is 3.02. The molecule has 0 atom stereocenters. The molecule has 1 aliphatic rings. The number of allylic oxidation sites excluding steroid dienone is 1. The smallest absolute Gasteiger partial charge is 0.263 e. The summed E-state index contributed by atoms with van der Waals surface area (Å²) >= 11 is 0. The van der Waals surface area contributed by atoms with Gasteiger partial charge in [-0.05, 0) is 23.8 Å². The molecule has 1 aliphatic heterocycles. The zero-order valence-electron chi connectivity index (χ0n) is 11.1. The van der Waals surface area contributed by atoms with Crippen LogP contribution in [0.5, 0.6) is 5.75 Å². The highest BCUT2D eigenvalue weighted by Crippen LogP contribution is 2.27. The second-order valence-electron chi connectivity index (χ2n) is 4.51. The first-order valence-corrected chi connectivity index (χ1v) is 6.42. The zero-order chi connectivity index (χ0) is 14.7. The number of fused-ring (bicyclic) bond motifs is 1. The normalized spacial score (nSPS) is 13.9. The first-order valence-electron chi connectivity index (χ1n) is 6.42. The maximum absolute atomic E-state index is 11.3. The van der Waals surface area contributed by atoms with Crippen molar-refractivity contribution in [1.29, 1.82) is 0 Å². The Hall–Kier alpha value is -2.95. The van der Waals surface area contributed by atoms with Gasteiger partial charge in [0.15, 0.2) is 24.5 Å². The van der Waals surface area contributed by atoms with E-state index in [2.05, 4.69) is 10.3 Å². The molecule has 0 bridgehead atoms. The van der Waals surface area contributed by atoms with Crippen LogP contribution in [0.1, 0.15) is 11.3 Å². The molecule has 0 radical (unpaired) electrons. The van der Waals surface area contributed by atoms with Gasteiger partial charge < -0.3 is 10.1 Å². The first kappa shape index (κ1) is 13.1. The van der Waals surface area contributed by atoms with Crippen LogP contribution in [-0.2, 0) is 9.59 Å². The van der Waals surface area contributed by atoms with Crippen LogP contribution >= 0.6 is 0 Å². The highest BCUT2D eigenvalue weighted by Gasteiger charge is 2.18. The number of anilines is 1. The standard InChI is InChI=1S/C16H12N2O3/c19-9-12(8-11-4-2-1-3-5-11)13-6-7-14-16(17-13)18-15(20)10-21-14/h1-9H,10H2,(H,17,18,20)/b12-8+. The van der Waals surface area contributed by atoms with Gasteiger partial charge >= 0.3 is 0 Å². The molecule has 2 heterocycles. The van der Waals surface area contributed by atoms with Gasteiger partial charge in [0.2, 0.25) is 0 Å². The summed E-state index contributed by atoms with van der Waals surface area (Å²) in [5, 5.41) is 2.62.